The molecule has 1 aromatic carbocycles. The second kappa shape index (κ2) is 8.98. The second-order valence-corrected chi connectivity index (χ2v) is 5.46. The molecule has 6 heteroatoms. The number of hydrogen-bond acceptors (Lipinski definition) is 5. The number of benzene rings is 1. The van der Waals surface area contributed by atoms with E-state index in [1.54, 1.807) is 13.2 Å². The number of nitrogens with zero attached hydrogens (tertiary/aromatic N) is 2. The van der Waals surface area contributed by atoms with Crippen LogP contribution in [0, 0.1) is 6.92 Å². The van der Waals surface area contributed by atoms with Crippen LogP contribution in [0.2, 0.25) is 0 Å². The summed E-state index contributed by atoms with van der Waals surface area (Å²) in [4.78, 5) is 20.9. The van der Waals surface area contributed by atoms with Crippen LogP contribution >= 0.6 is 0 Å². The summed E-state index contributed by atoms with van der Waals surface area (Å²) >= 11 is 0. The van der Waals surface area contributed by atoms with Crippen molar-refractivity contribution in [2.24, 2.45) is 0 Å². The van der Waals surface area contributed by atoms with E-state index in [2.05, 4.69) is 33.6 Å². The van der Waals surface area contributed by atoms with E-state index in [9.17, 15) is 4.79 Å². The lowest BCUT2D eigenvalue weighted by Gasteiger charge is -2.11. The number of methoxy groups -OCH3 is 1. The molecule has 1 aromatic heterocycles. The van der Waals surface area contributed by atoms with Gasteiger partial charge in [0.2, 0.25) is 5.95 Å². The number of anilines is 2. The van der Waals surface area contributed by atoms with Gasteiger partial charge in [-0.05, 0) is 37.5 Å². The molecule has 6 nitrogen and oxygen atoms in total. The first kappa shape index (κ1) is 17.9. The first-order valence-electron chi connectivity index (χ1n) is 8.11. The Balaban J connectivity index is 2.12. The number of nitrogens with one attached hydrogen (secondary N) is 2. The van der Waals surface area contributed by atoms with E-state index >= 15 is 0 Å². The van der Waals surface area contributed by atoms with Gasteiger partial charge in [-0.1, -0.05) is 25.1 Å². The molecule has 0 aliphatic carbocycles. The SMILES string of the molecule is CCc1ccccc1Nc1nc(C)cc(C(=O)NCCCOC)n1. The van der Waals surface area contributed by atoms with E-state index in [0.717, 1.165) is 24.2 Å². The lowest BCUT2D eigenvalue weighted by molar-refractivity contribution is 0.0943. The van der Waals surface area contributed by atoms with Crippen molar-refractivity contribution < 1.29 is 9.53 Å². The minimum atomic E-state index is -0.205. The molecule has 0 unspecified atom stereocenters. The molecule has 0 atom stereocenters. The Labute approximate surface area is 142 Å². The number of amides is 1. The van der Waals surface area contributed by atoms with Crippen molar-refractivity contribution in [3.8, 4) is 0 Å². The highest BCUT2D eigenvalue weighted by atomic mass is 16.5. The third kappa shape index (κ3) is 5.03. The van der Waals surface area contributed by atoms with E-state index in [0.29, 0.717) is 24.8 Å². The second-order valence-electron chi connectivity index (χ2n) is 5.46. The maximum absolute atomic E-state index is 12.2. The molecule has 2 aromatic rings. The molecule has 128 valence electrons. The number of rotatable bonds is 8. The molecule has 0 aliphatic rings. The molecule has 0 radical (unpaired) electrons. The molecule has 1 amide bonds. The molecule has 0 fully saturated rings. The third-order valence-electron chi connectivity index (χ3n) is 3.54. The molecular weight excluding hydrogens is 304 g/mol. The standard InChI is InChI=1S/C18H24N4O2/c1-4-14-8-5-6-9-15(14)21-18-20-13(2)12-16(22-18)17(23)19-10-7-11-24-3/h5-6,8-9,12H,4,7,10-11H2,1-3H3,(H,19,23)(H,20,21,22). The van der Waals surface area contributed by atoms with Crippen molar-refractivity contribution >= 4 is 17.5 Å². The number of aromatic nitrogens is 2. The highest BCUT2D eigenvalue weighted by Gasteiger charge is 2.11. The van der Waals surface area contributed by atoms with E-state index in [-0.39, 0.29) is 5.91 Å². The normalized spacial score (nSPS) is 10.5. The summed E-state index contributed by atoms with van der Waals surface area (Å²) in [5.41, 5.74) is 3.23. The highest BCUT2D eigenvalue weighted by Crippen LogP contribution is 2.19. The summed E-state index contributed by atoms with van der Waals surface area (Å²) in [6, 6.07) is 9.68. The van der Waals surface area contributed by atoms with Crippen LogP contribution in [0.25, 0.3) is 0 Å². The zero-order valence-corrected chi connectivity index (χ0v) is 14.4. The van der Waals surface area contributed by atoms with Gasteiger partial charge in [0.25, 0.3) is 5.91 Å². The Hall–Kier alpha value is -2.47. The van der Waals surface area contributed by atoms with E-state index in [1.165, 1.54) is 5.56 Å². The minimum absolute atomic E-state index is 0.205. The van der Waals surface area contributed by atoms with Gasteiger partial charge in [0.1, 0.15) is 5.69 Å². The fourth-order valence-electron chi connectivity index (χ4n) is 2.32. The van der Waals surface area contributed by atoms with E-state index in [4.69, 9.17) is 4.74 Å². The zero-order valence-electron chi connectivity index (χ0n) is 14.4. The smallest absolute Gasteiger partial charge is 0.270 e. The number of aryl methyl sites for hydroxylation is 2. The topological polar surface area (TPSA) is 76.1 Å². The highest BCUT2D eigenvalue weighted by molar-refractivity contribution is 5.92. The van der Waals surface area contributed by atoms with Gasteiger partial charge in [-0.15, -0.1) is 0 Å². The quantitative estimate of drug-likeness (QED) is 0.729. The first-order chi connectivity index (χ1) is 11.6. The van der Waals surface area contributed by atoms with Gasteiger partial charge in [0.05, 0.1) is 0 Å². The maximum Gasteiger partial charge on any atom is 0.270 e. The average molecular weight is 328 g/mol. The molecule has 0 saturated carbocycles. The summed E-state index contributed by atoms with van der Waals surface area (Å²) in [6.07, 6.45) is 1.67. The number of para-hydroxylation sites is 1. The first-order valence-corrected chi connectivity index (χ1v) is 8.11. The molecule has 24 heavy (non-hydrogen) atoms. The maximum atomic E-state index is 12.2. The van der Waals surface area contributed by atoms with Crippen molar-refractivity contribution in [1.82, 2.24) is 15.3 Å². The van der Waals surface area contributed by atoms with E-state index < -0.39 is 0 Å². The Morgan fingerprint density at radius 2 is 2.04 bits per heavy atom. The minimum Gasteiger partial charge on any atom is -0.385 e. The Bertz CT molecular complexity index is 688. The Morgan fingerprint density at radius 3 is 2.79 bits per heavy atom. The molecule has 0 aliphatic heterocycles. The molecule has 2 N–H and O–H groups in total. The van der Waals surface area contributed by atoms with Gasteiger partial charge in [-0.2, -0.15) is 0 Å². The van der Waals surface area contributed by atoms with Crippen LogP contribution in [0.1, 0.15) is 35.1 Å². The molecule has 0 bridgehead atoms. The van der Waals surface area contributed by atoms with Crippen molar-refractivity contribution in [2.45, 2.75) is 26.7 Å². The Morgan fingerprint density at radius 1 is 1.25 bits per heavy atom. The van der Waals surface area contributed by atoms with Gasteiger partial charge in [-0.3, -0.25) is 4.79 Å². The van der Waals surface area contributed by atoms with Gasteiger partial charge in [-0.25, -0.2) is 9.97 Å². The Kier molecular flexibility index (Phi) is 6.69. The molecule has 0 spiro atoms. The zero-order chi connectivity index (χ0) is 17.4. The summed E-state index contributed by atoms with van der Waals surface area (Å²) in [6.45, 7) is 5.11. The van der Waals surface area contributed by atoms with Crippen LogP contribution in [0.4, 0.5) is 11.6 Å². The largest absolute Gasteiger partial charge is 0.385 e. The predicted molar refractivity (Wildman–Crippen MR) is 94.7 cm³/mol. The molecule has 2 rings (SSSR count). The van der Waals surface area contributed by atoms with Crippen LogP contribution in [0.3, 0.4) is 0 Å². The van der Waals surface area contributed by atoms with Gasteiger partial charge >= 0.3 is 0 Å². The lowest BCUT2D eigenvalue weighted by Crippen LogP contribution is -2.26. The number of carbonyl (C=O) groups is 1. The van der Waals surface area contributed by atoms with Crippen molar-refractivity contribution in [2.75, 3.05) is 25.6 Å². The average Bonchev–Trinajstić information content (AvgIpc) is 2.58. The number of hydrogen-bond donors (Lipinski definition) is 2. The summed E-state index contributed by atoms with van der Waals surface area (Å²) in [5, 5.41) is 6.05. The van der Waals surface area contributed by atoms with Crippen LogP contribution in [-0.2, 0) is 11.2 Å². The monoisotopic (exact) mass is 328 g/mol. The fraction of sp³-hybridized carbons (Fsp3) is 0.389. The van der Waals surface area contributed by atoms with Gasteiger partial charge in [0.15, 0.2) is 0 Å². The van der Waals surface area contributed by atoms with Crippen LogP contribution in [0.15, 0.2) is 30.3 Å². The van der Waals surface area contributed by atoms with E-state index in [1.807, 2.05) is 25.1 Å². The van der Waals surface area contributed by atoms with Crippen molar-refractivity contribution in [3.63, 3.8) is 0 Å². The van der Waals surface area contributed by atoms with Crippen molar-refractivity contribution in [1.29, 1.82) is 0 Å². The molecular formula is C18H24N4O2. The summed E-state index contributed by atoms with van der Waals surface area (Å²) < 4.78 is 4.97. The fourth-order valence-corrected chi connectivity index (χ4v) is 2.32. The predicted octanol–water partition coefficient (Wildman–Crippen LogP) is 2.86. The van der Waals surface area contributed by atoms with Crippen LogP contribution < -0.4 is 10.6 Å². The number of ether oxygens (including phenoxy) is 1. The van der Waals surface area contributed by atoms with Crippen LogP contribution in [0.5, 0.6) is 0 Å². The summed E-state index contributed by atoms with van der Waals surface area (Å²) in [5.74, 6) is 0.223. The van der Waals surface area contributed by atoms with Gasteiger partial charge < -0.3 is 15.4 Å². The van der Waals surface area contributed by atoms with Crippen molar-refractivity contribution in [3.05, 3.63) is 47.3 Å². The molecule has 0 saturated heterocycles. The molecule has 1 heterocycles. The number of carbonyl (C=O) groups excluding carboxylic acids is 1. The summed E-state index contributed by atoms with van der Waals surface area (Å²) in [7, 11) is 1.64. The van der Waals surface area contributed by atoms with Gasteiger partial charge in [0, 0.05) is 31.6 Å². The lowest BCUT2D eigenvalue weighted by atomic mass is 10.1. The van der Waals surface area contributed by atoms with Crippen LogP contribution in [-0.4, -0.2) is 36.1 Å². The third-order valence-corrected chi connectivity index (χ3v) is 3.54.